The molecular formula is C8H13NO3. The van der Waals surface area contributed by atoms with Crippen molar-refractivity contribution >= 4 is 18.5 Å². The summed E-state index contributed by atoms with van der Waals surface area (Å²) in [6.07, 6.45) is 2.06. The zero-order chi connectivity index (χ0) is 9.56. The van der Waals surface area contributed by atoms with Crippen LogP contribution in [0.3, 0.4) is 0 Å². The highest BCUT2D eigenvalue weighted by Gasteiger charge is 2.17. The quantitative estimate of drug-likeness (QED) is 0.529. The van der Waals surface area contributed by atoms with Gasteiger partial charge in [0.1, 0.15) is 6.29 Å². The van der Waals surface area contributed by atoms with Crippen LogP contribution in [0.1, 0.15) is 19.8 Å². The maximum absolute atomic E-state index is 10.9. The third-order valence-corrected chi connectivity index (χ3v) is 1.69. The fourth-order valence-electron chi connectivity index (χ4n) is 0.993. The standard InChI is InChI=1S/C8H13NO3/c1-7(12)8(4-3-5-10)9(2)6-11/h5-6,8H,3-4H2,1-2H3. The Balaban J connectivity index is 4.11. The first kappa shape index (κ1) is 10.8. The lowest BCUT2D eigenvalue weighted by atomic mass is 10.1. The average Bonchev–Trinajstić information content (AvgIpc) is 2.04. The van der Waals surface area contributed by atoms with Gasteiger partial charge in [0.2, 0.25) is 6.41 Å². The number of hydrogen-bond donors (Lipinski definition) is 0. The summed E-state index contributed by atoms with van der Waals surface area (Å²) >= 11 is 0. The van der Waals surface area contributed by atoms with Crippen LogP contribution in [0.4, 0.5) is 0 Å². The Labute approximate surface area is 71.5 Å². The fourth-order valence-corrected chi connectivity index (χ4v) is 0.993. The molecule has 0 aliphatic carbocycles. The van der Waals surface area contributed by atoms with Crippen molar-refractivity contribution < 1.29 is 14.4 Å². The van der Waals surface area contributed by atoms with Gasteiger partial charge in [-0.25, -0.2) is 0 Å². The number of nitrogens with zero attached hydrogens (tertiary/aromatic N) is 1. The molecule has 0 bridgehead atoms. The molecule has 1 atom stereocenters. The van der Waals surface area contributed by atoms with Crippen LogP contribution in [0.15, 0.2) is 0 Å². The van der Waals surface area contributed by atoms with Gasteiger partial charge in [-0.15, -0.1) is 0 Å². The molecule has 1 amide bonds. The van der Waals surface area contributed by atoms with Gasteiger partial charge in [-0.1, -0.05) is 0 Å². The van der Waals surface area contributed by atoms with Crippen molar-refractivity contribution in [1.29, 1.82) is 0 Å². The van der Waals surface area contributed by atoms with Crippen molar-refractivity contribution in [2.45, 2.75) is 25.8 Å². The maximum Gasteiger partial charge on any atom is 0.210 e. The van der Waals surface area contributed by atoms with E-state index >= 15 is 0 Å². The number of hydrogen-bond acceptors (Lipinski definition) is 3. The zero-order valence-corrected chi connectivity index (χ0v) is 7.32. The van der Waals surface area contributed by atoms with Crippen LogP contribution in [0.25, 0.3) is 0 Å². The lowest BCUT2D eigenvalue weighted by molar-refractivity contribution is -0.129. The minimum atomic E-state index is -0.451. The Morgan fingerprint density at radius 3 is 2.42 bits per heavy atom. The lowest BCUT2D eigenvalue weighted by Crippen LogP contribution is -2.36. The highest BCUT2D eigenvalue weighted by Crippen LogP contribution is 2.03. The molecular weight excluding hydrogens is 158 g/mol. The smallest absolute Gasteiger partial charge is 0.210 e. The van der Waals surface area contributed by atoms with E-state index in [0.29, 0.717) is 19.3 Å². The molecule has 68 valence electrons. The summed E-state index contributed by atoms with van der Waals surface area (Å²) < 4.78 is 0. The van der Waals surface area contributed by atoms with Crippen molar-refractivity contribution in [2.75, 3.05) is 7.05 Å². The summed E-state index contributed by atoms with van der Waals surface area (Å²) in [6, 6.07) is -0.451. The number of carbonyl (C=O) groups is 3. The largest absolute Gasteiger partial charge is 0.338 e. The first-order valence-corrected chi connectivity index (χ1v) is 3.74. The molecule has 4 heteroatoms. The third-order valence-electron chi connectivity index (χ3n) is 1.69. The highest BCUT2D eigenvalue weighted by molar-refractivity contribution is 5.83. The number of amides is 1. The molecule has 12 heavy (non-hydrogen) atoms. The van der Waals surface area contributed by atoms with Gasteiger partial charge in [0.05, 0.1) is 6.04 Å². The topological polar surface area (TPSA) is 54.5 Å². The van der Waals surface area contributed by atoms with Crippen LogP contribution in [-0.2, 0) is 14.4 Å². The number of Topliss-reactive ketones (excluding diaryl/α,β-unsaturated/α-hetero) is 1. The normalized spacial score (nSPS) is 11.8. The number of rotatable bonds is 6. The number of likely N-dealkylation sites (N-methyl/N-ethyl adjacent to an activating group) is 1. The van der Waals surface area contributed by atoms with E-state index in [1.165, 1.54) is 18.9 Å². The van der Waals surface area contributed by atoms with Gasteiger partial charge >= 0.3 is 0 Å². The molecule has 0 aromatic carbocycles. The van der Waals surface area contributed by atoms with Gasteiger partial charge in [-0.05, 0) is 13.3 Å². The monoisotopic (exact) mass is 171 g/mol. The summed E-state index contributed by atoms with van der Waals surface area (Å²) in [5, 5.41) is 0. The fraction of sp³-hybridized carbons (Fsp3) is 0.625. The molecule has 0 aliphatic rings. The summed E-state index contributed by atoms with van der Waals surface area (Å²) in [7, 11) is 1.53. The van der Waals surface area contributed by atoms with Crippen molar-refractivity contribution in [3.05, 3.63) is 0 Å². The van der Waals surface area contributed by atoms with E-state index in [9.17, 15) is 14.4 Å². The van der Waals surface area contributed by atoms with Crippen LogP contribution in [0.5, 0.6) is 0 Å². The summed E-state index contributed by atoms with van der Waals surface area (Å²) in [5.74, 6) is -0.0912. The SMILES string of the molecule is CC(=O)C(CCC=O)N(C)C=O. The summed E-state index contributed by atoms with van der Waals surface area (Å²) in [6.45, 7) is 1.41. The molecule has 0 aliphatic heterocycles. The van der Waals surface area contributed by atoms with Gasteiger partial charge in [0.25, 0.3) is 0 Å². The lowest BCUT2D eigenvalue weighted by Gasteiger charge is -2.20. The molecule has 0 radical (unpaired) electrons. The van der Waals surface area contributed by atoms with Crippen LogP contribution < -0.4 is 0 Å². The molecule has 0 aromatic heterocycles. The Hall–Kier alpha value is -1.19. The summed E-state index contributed by atoms with van der Waals surface area (Å²) in [4.78, 5) is 32.5. The molecule has 0 spiro atoms. The molecule has 0 rings (SSSR count). The number of ketones is 1. The predicted molar refractivity (Wildman–Crippen MR) is 43.6 cm³/mol. The van der Waals surface area contributed by atoms with Crippen LogP contribution in [0, 0.1) is 0 Å². The van der Waals surface area contributed by atoms with E-state index < -0.39 is 6.04 Å². The van der Waals surface area contributed by atoms with E-state index in [2.05, 4.69) is 0 Å². The van der Waals surface area contributed by atoms with Gasteiger partial charge < -0.3 is 9.69 Å². The number of aldehydes is 1. The minimum Gasteiger partial charge on any atom is -0.338 e. The van der Waals surface area contributed by atoms with Crippen molar-refractivity contribution in [2.24, 2.45) is 0 Å². The predicted octanol–water partition coefficient (Wildman–Crippen LogP) is 0.0113. The van der Waals surface area contributed by atoms with E-state index in [1.54, 1.807) is 0 Å². The van der Waals surface area contributed by atoms with E-state index in [4.69, 9.17) is 0 Å². The molecule has 0 heterocycles. The number of carbonyl (C=O) groups excluding carboxylic acids is 3. The molecule has 0 saturated heterocycles. The Kier molecular flexibility index (Phi) is 4.92. The van der Waals surface area contributed by atoms with Gasteiger partial charge in [-0.2, -0.15) is 0 Å². The molecule has 0 fully saturated rings. The second-order valence-electron chi connectivity index (χ2n) is 2.64. The second-order valence-corrected chi connectivity index (χ2v) is 2.64. The maximum atomic E-state index is 10.9. The van der Waals surface area contributed by atoms with Crippen LogP contribution in [0.2, 0.25) is 0 Å². The van der Waals surface area contributed by atoms with E-state index in [0.717, 1.165) is 6.29 Å². The minimum absolute atomic E-state index is 0.0912. The summed E-state index contributed by atoms with van der Waals surface area (Å²) in [5.41, 5.74) is 0. The second kappa shape index (κ2) is 5.46. The highest BCUT2D eigenvalue weighted by atomic mass is 16.1. The first-order chi connectivity index (χ1) is 5.63. The Morgan fingerprint density at radius 1 is 1.50 bits per heavy atom. The molecule has 1 unspecified atom stereocenters. The molecule has 0 N–H and O–H groups in total. The zero-order valence-electron chi connectivity index (χ0n) is 7.32. The molecule has 0 saturated carbocycles. The van der Waals surface area contributed by atoms with Gasteiger partial charge in [0.15, 0.2) is 5.78 Å². The van der Waals surface area contributed by atoms with Gasteiger partial charge in [-0.3, -0.25) is 9.59 Å². The van der Waals surface area contributed by atoms with E-state index in [-0.39, 0.29) is 5.78 Å². The van der Waals surface area contributed by atoms with E-state index in [1.807, 2.05) is 0 Å². The third kappa shape index (κ3) is 3.27. The molecule has 0 aromatic rings. The molecule has 4 nitrogen and oxygen atoms in total. The van der Waals surface area contributed by atoms with Crippen molar-refractivity contribution in [3.8, 4) is 0 Å². The Morgan fingerprint density at radius 2 is 2.08 bits per heavy atom. The van der Waals surface area contributed by atoms with Crippen molar-refractivity contribution in [3.63, 3.8) is 0 Å². The van der Waals surface area contributed by atoms with Crippen LogP contribution in [-0.4, -0.2) is 36.5 Å². The average molecular weight is 171 g/mol. The Bertz CT molecular complexity index is 179. The van der Waals surface area contributed by atoms with Crippen LogP contribution >= 0.6 is 0 Å². The van der Waals surface area contributed by atoms with Crippen molar-refractivity contribution in [1.82, 2.24) is 4.90 Å². The van der Waals surface area contributed by atoms with Gasteiger partial charge in [0, 0.05) is 13.5 Å². The first-order valence-electron chi connectivity index (χ1n) is 3.74.